The molecule has 1 aliphatic heterocycles. The van der Waals surface area contributed by atoms with E-state index in [2.05, 4.69) is 4.98 Å². The summed E-state index contributed by atoms with van der Waals surface area (Å²) in [5.74, 6) is -2.47. The third-order valence-corrected chi connectivity index (χ3v) is 7.76. The van der Waals surface area contributed by atoms with E-state index in [9.17, 15) is 4.79 Å². The lowest BCUT2D eigenvalue weighted by atomic mass is 9.84. The number of alkyl halides is 1. The van der Waals surface area contributed by atoms with Crippen molar-refractivity contribution in [1.29, 1.82) is 0 Å². The first-order valence-corrected chi connectivity index (χ1v) is 14.1. The highest BCUT2D eigenvalue weighted by atomic mass is 19.1. The molecule has 0 bridgehead atoms. The van der Waals surface area contributed by atoms with Gasteiger partial charge in [0.1, 0.15) is 36.3 Å². The van der Waals surface area contributed by atoms with E-state index in [1.54, 1.807) is 12.3 Å². The second-order valence-electron chi connectivity index (χ2n) is 11.6. The van der Waals surface area contributed by atoms with Gasteiger partial charge in [0, 0.05) is 36.5 Å². The van der Waals surface area contributed by atoms with E-state index in [1.807, 2.05) is 42.2 Å². The van der Waals surface area contributed by atoms with Crippen LogP contribution in [0.5, 0.6) is 5.75 Å². The molecule has 0 saturated heterocycles. The minimum atomic E-state index is -1.56. The van der Waals surface area contributed by atoms with Gasteiger partial charge in [-0.15, -0.1) is 0 Å². The molecule has 9 heteroatoms. The zero-order valence-electron chi connectivity index (χ0n) is 24.0. The molecule has 0 spiro atoms. The van der Waals surface area contributed by atoms with Crippen LogP contribution in [0.15, 0.2) is 60.3 Å². The van der Waals surface area contributed by atoms with Crippen LogP contribution >= 0.6 is 0 Å². The van der Waals surface area contributed by atoms with Gasteiger partial charge < -0.3 is 14.6 Å². The van der Waals surface area contributed by atoms with E-state index >= 15 is 13.2 Å². The average molecular weight is 581 g/mol. The first kappa shape index (κ1) is 29.8. The third-order valence-electron chi connectivity index (χ3n) is 7.76. The summed E-state index contributed by atoms with van der Waals surface area (Å²) >= 11 is 0. The van der Waals surface area contributed by atoms with E-state index in [4.69, 9.17) is 14.6 Å². The number of aliphatic carboxylic acids is 1. The van der Waals surface area contributed by atoms with Gasteiger partial charge in [0.2, 0.25) is 0 Å². The number of fused-ring (bicyclic) bond motifs is 2. The number of pyridine rings is 1. The van der Waals surface area contributed by atoms with Crippen molar-refractivity contribution in [2.24, 2.45) is 0 Å². The Kier molecular flexibility index (Phi) is 8.70. The number of hydrogen-bond acceptors (Lipinski definition) is 5. The van der Waals surface area contributed by atoms with E-state index in [0.717, 1.165) is 27.8 Å². The van der Waals surface area contributed by atoms with Crippen molar-refractivity contribution in [1.82, 2.24) is 9.88 Å². The number of aromatic nitrogens is 1. The Morgan fingerprint density at radius 3 is 2.55 bits per heavy atom. The molecule has 5 rings (SSSR count). The Morgan fingerprint density at radius 1 is 1.14 bits per heavy atom. The van der Waals surface area contributed by atoms with Crippen molar-refractivity contribution in [3.05, 3.63) is 99.9 Å². The van der Waals surface area contributed by atoms with Crippen LogP contribution in [-0.4, -0.2) is 52.4 Å². The average Bonchev–Trinajstić information content (AvgIpc) is 3.29. The van der Waals surface area contributed by atoms with Gasteiger partial charge in [0.15, 0.2) is 0 Å². The molecule has 1 aromatic heterocycles. The van der Waals surface area contributed by atoms with E-state index in [-0.39, 0.29) is 43.7 Å². The molecule has 0 fully saturated rings. The maximum Gasteiger partial charge on any atom is 0.329 e. The lowest BCUT2D eigenvalue weighted by Gasteiger charge is -2.44. The van der Waals surface area contributed by atoms with Gasteiger partial charge in [0.25, 0.3) is 0 Å². The summed E-state index contributed by atoms with van der Waals surface area (Å²) in [6, 6.07) is 13.1. The molecule has 2 aliphatic rings. The van der Waals surface area contributed by atoms with Gasteiger partial charge in [0.05, 0.1) is 18.3 Å². The maximum absolute atomic E-state index is 15.9. The van der Waals surface area contributed by atoms with Crippen LogP contribution in [0.2, 0.25) is 0 Å². The topological polar surface area (TPSA) is 71.9 Å². The van der Waals surface area contributed by atoms with Crippen molar-refractivity contribution in [3.8, 4) is 5.75 Å². The molecule has 0 saturated carbocycles. The molecular weight excluding hydrogens is 545 g/mol. The number of carboxylic acids is 1. The molecule has 0 amide bonds. The van der Waals surface area contributed by atoms with Gasteiger partial charge in [-0.05, 0) is 73.9 Å². The SMILES string of the molecule is C[C@@H]1CC2=C(Cc3ccccc32)[C@@H](c2c(F)cc(OCc3ccc(CCOCC(=O)O)cn3)cc2F)N1CC(C)(C)F. The number of carbonyl (C=O) groups is 1. The van der Waals surface area contributed by atoms with E-state index < -0.39 is 29.3 Å². The predicted octanol–water partition coefficient (Wildman–Crippen LogP) is 6.48. The zero-order valence-corrected chi connectivity index (χ0v) is 24.0. The summed E-state index contributed by atoms with van der Waals surface area (Å²) in [5.41, 5.74) is 4.01. The number of halogens is 3. The van der Waals surface area contributed by atoms with Crippen molar-refractivity contribution in [2.45, 2.75) is 64.4 Å². The minimum absolute atomic E-state index is 0.00125. The number of nitrogens with zero attached hydrogens (tertiary/aromatic N) is 2. The zero-order chi connectivity index (χ0) is 30.0. The summed E-state index contributed by atoms with van der Waals surface area (Å²) in [6.07, 6.45) is 3.38. The van der Waals surface area contributed by atoms with Gasteiger partial charge >= 0.3 is 5.97 Å². The normalized spacial score (nSPS) is 18.6. The first-order valence-electron chi connectivity index (χ1n) is 14.1. The second-order valence-corrected chi connectivity index (χ2v) is 11.6. The molecule has 2 heterocycles. The predicted molar refractivity (Wildman–Crippen MR) is 153 cm³/mol. The van der Waals surface area contributed by atoms with Gasteiger partial charge in [-0.25, -0.2) is 18.0 Å². The molecule has 42 heavy (non-hydrogen) atoms. The van der Waals surface area contributed by atoms with Crippen molar-refractivity contribution < 1.29 is 32.5 Å². The Bertz CT molecular complexity index is 1460. The summed E-state index contributed by atoms with van der Waals surface area (Å²) < 4.78 is 57.5. The van der Waals surface area contributed by atoms with Crippen LogP contribution in [-0.2, 0) is 29.0 Å². The Hall–Kier alpha value is -3.69. The quantitative estimate of drug-likeness (QED) is 0.262. The van der Waals surface area contributed by atoms with E-state index in [0.29, 0.717) is 25.0 Å². The van der Waals surface area contributed by atoms with Gasteiger partial charge in [-0.1, -0.05) is 30.3 Å². The number of ether oxygens (including phenoxy) is 2. The second kappa shape index (κ2) is 12.3. The molecule has 0 radical (unpaired) electrons. The fraction of sp³-hybridized carbons (Fsp3) is 0.394. The molecule has 6 nitrogen and oxygen atoms in total. The summed E-state index contributed by atoms with van der Waals surface area (Å²) in [5, 5.41) is 8.63. The number of benzene rings is 2. The molecular formula is C33H35F3N2O4. The smallest absolute Gasteiger partial charge is 0.329 e. The molecule has 1 N–H and O–H groups in total. The molecule has 2 atom stereocenters. The van der Waals surface area contributed by atoms with Crippen molar-refractivity contribution in [3.63, 3.8) is 0 Å². The monoisotopic (exact) mass is 580 g/mol. The van der Waals surface area contributed by atoms with Crippen LogP contribution < -0.4 is 4.74 Å². The standard InChI is InChI=1S/C33H35F3N2O4/c1-20-12-26-25-7-5-4-6-22(25)13-27(26)32(38(20)19-33(2,3)36)31-28(34)14-24(15-29(31)35)42-17-23-9-8-21(16-37-23)10-11-41-18-30(39)40/h4-9,14-16,20,32H,10-13,17-19H2,1-3H3,(H,39,40)/t20-,32+/m1/s1. The highest BCUT2D eigenvalue weighted by Crippen LogP contribution is 2.50. The first-order chi connectivity index (χ1) is 20.0. The van der Waals surface area contributed by atoms with Crippen molar-refractivity contribution in [2.75, 3.05) is 19.8 Å². The Morgan fingerprint density at radius 2 is 1.88 bits per heavy atom. The molecule has 3 aromatic rings. The minimum Gasteiger partial charge on any atom is -0.487 e. The molecule has 1 aliphatic carbocycles. The Labute approximate surface area is 243 Å². The lowest BCUT2D eigenvalue weighted by Crippen LogP contribution is -2.47. The summed E-state index contributed by atoms with van der Waals surface area (Å²) in [4.78, 5) is 16.7. The van der Waals surface area contributed by atoms with Crippen molar-refractivity contribution >= 4 is 11.5 Å². The van der Waals surface area contributed by atoms with Crippen LogP contribution in [0.4, 0.5) is 13.2 Å². The Balaban J connectivity index is 1.36. The highest BCUT2D eigenvalue weighted by molar-refractivity contribution is 5.79. The summed E-state index contributed by atoms with van der Waals surface area (Å²) in [6.45, 7) is 4.89. The van der Waals surface area contributed by atoms with Gasteiger partial charge in [-0.3, -0.25) is 9.88 Å². The summed E-state index contributed by atoms with van der Waals surface area (Å²) in [7, 11) is 0. The third kappa shape index (κ3) is 6.68. The molecule has 2 aromatic carbocycles. The maximum atomic E-state index is 15.9. The number of rotatable bonds is 11. The highest BCUT2D eigenvalue weighted by Gasteiger charge is 2.43. The fourth-order valence-corrected chi connectivity index (χ4v) is 5.95. The molecule has 0 unspecified atom stereocenters. The number of hydrogen-bond donors (Lipinski definition) is 1. The largest absolute Gasteiger partial charge is 0.487 e. The van der Waals surface area contributed by atoms with Crippen LogP contribution in [0.1, 0.15) is 61.2 Å². The number of carboxylic acid groups (broad SMARTS) is 1. The van der Waals surface area contributed by atoms with Crippen LogP contribution in [0, 0.1) is 11.6 Å². The van der Waals surface area contributed by atoms with Gasteiger partial charge in [-0.2, -0.15) is 0 Å². The molecule has 222 valence electrons. The van der Waals surface area contributed by atoms with Crippen LogP contribution in [0.25, 0.3) is 5.57 Å². The van der Waals surface area contributed by atoms with E-state index in [1.165, 1.54) is 26.0 Å². The van der Waals surface area contributed by atoms with Crippen LogP contribution in [0.3, 0.4) is 0 Å². The fourth-order valence-electron chi connectivity index (χ4n) is 5.95. The lowest BCUT2D eigenvalue weighted by molar-refractivity contribution is -0.142.